The first-order valence-electron chi connectivity index (χ1n) is 7.87. The molecule has 1 aliphatic carbocycles. The van der Waals surface area contributed by atoms with E-state index in [1.807, 2.05) is 11.3 Å². The van der Waals surface area contributed by atoms with Gasteiger partial charge in [-0.3, -0.25) is 0 Å². The molecule has 1 nitrogen and oxygen atoms in total. The molecule has 112 valence electrons. The van der Waals surface area contributed by atoms with E-state index in [0.29, 0.717) is 6.04 Å². The van der Waals surface area contributed by atoms with Crippen LogP contribution in [0.2, 0.25) is 0 Å². The van der Waals surface area contributed by atoms with Gasteiger partial charge in [0.05, 0.1) is 0 Å². The largest absolute Gasteiger partial charge is 0.312 e. The van der Waals surface area contributed by atoms with Gasteiger partial charge in [0.2, 0.25) is 0 Å². The SMILES string of the molecule is CNC(c1ccc(-c2ccccc2C(C)(C)C)s1)C1CC1. The van der Waals surface area contributed by atoms with E-state index >= 15 is 0 Å². The molecule has 0 bridgehead atoms. The molecule has 1 aromatic carbocycles. The molecule has 0 radical (unpaired) electrons. The third kappa shape index (κ3) is 3.07. The van der Waals surface area contributed by atoms with Crippen molar-refractivity contribution >= 4 is 11.3 Å². The summed E-state index contributed by atoms with van der Waals surface area (Å²) in [6.45, 7) is 6.88. The first-order chi connectivity index (χ1) is 10.0. The monoisotopic (exact) mass is 299 g/mol. The van der Waals surface area contributed by atoms with Crippen molar-refractivity contribution in [2.24, 2.45) is 5.92 Å². The summed E-state index contributed by atoms with van der Waals surface area (Å²) < 4.78 is 0. The van der Waals surface area contributed by atoms with Gasteiger partial charge in [0.15, 0.2) is 0 Å². The molecule has 0 amide bonds. The summed E-state index contributed by atoms with van der Waals surface area (Å²) in [6.07, 6.45) is 2.74. The predicted octanol–water partition coefficient (Wildman–Crippen LogP) is 5.38. The van der Waals surface area contributed by atoms with Crippen molar-refractivity contribution in [1.29, 1.82) is 0 Å². The van der Waals surface area contributed by atoms with Gasteiger partial charge < -0.3 is 5.32 Å². The highest BCUT2D eigenvalue weighted by Gasteiger charge is 2.32. The minimum atomic E-state index is 0.180. The lowest BCUT2D eigenvalue weighted by molar-refractivity contribution is 0.537. The Hall–Kier alpha value is -1.12. The van der Waals surface area contributed by atoms with E-state index in [4.69, 9.17) is 0 Å². The third-order valence-electron chi connectivity index (χ3n) is 4.34. The fourth-order valence-corrected chi connectivity index (χ4v) is 4.31. The normalized spacial score (nSPS) is 17.0. The van der Waals surface area contributed by atoms with Crippen LogP contribution < -0.4 is 5.32 Å². The van der Waals surface area contributed by atoms with Crippen LogP contribution in [0.1, 0.15) is 50.1 Å². The van der Waals surface area contributed by atoms with E-state index in [-0.39, 0.29) is 5.41 Å². The van der Waals surface area contributed by atoms with E-state index < -0.39 is 0 Å². The number of rotatable bonds is 4. The first-order valence-corrected chi connectivity index (χ1v) is 8.69. The number of nitrogens with one attached hydrogen (secondary N) is 1. The average molecular weight is 299 g/mol. The zero-order valence-electron chi connectivity index (χ0n) is 13.4. The molecular formula is C19H25NS. The van der Waals surface area contributed by atoms with Gasteiger partial charge in [-0.1, -0.05) is 45.0 Å². The van der Waals surface area contributed by atoms with Crippen molar-refractivity contribution in [2.75, 3.05) is 7.05 Å². The summed E-state index contributed by atoms with van der Waals surface area (Å²) in [5.41, 5.74) is 3.01. The van der Waals surface area contributed by atoms with Gasteiger partial charge in [-0.25, -0.2) is 0 Å². The molecule has 0 aliphatic heterocycles. The fourth-order valence-electron chi connectivity index (χ4n) is 3.06. The highest BCUT2D eigenvalue weighted by Crippen LogP contribution is 2.45. The Morgan fingerprint density at radius 2 is 1.81 bits per heavy atom. The second-order valence-electron chi connectivity index (χ2n) is 7.10. The summed E-state index contributed by atoms with van der Waals surface area (Å²) in [7, 11) is 2.09. The molecule has 0 saturated heterocycles. The van der Waals surface area contributed by atoms with Gasteiger partial charge in [0.25, 0.3) is 0 Å². The van der Waals surface area contributed by atoms with Crippen molar-refractivity contribution in [3.63, 3.8) is 0 Å². The van der Waals surface area contributed by atoms with Crippen LogP contribution in [0.4, 0.5) is 0 Å². The minimum absolute atomic E-state index is 0.180. The Labute approximate surface area is 132 Å². The lowest BCUT2D eigenvalue weighted by Gasteiger charge is -2.22. The summed E-state index contributed by atoms with van der Waals surface area (Å²) in [6, 6.07) is 14.0. The van der Waals surface area contributed by atoms with Crippen LogP contribution in [0.25, 0.3) is 10.4 Å². The number of hydrogen-bond donors (Lipinski definition) is 1. The molecule has 1 N–H and O–H groups in total. The zero-order valence-corrected chi connectivity index (χ0v) is 14.3. The minimum Gasteiger partial charge on any atom is -0.312 e. The number of thiophene rings is 1. The Morgan fingerprint density at radius 3 is 2.43 bits per heavy atom. The van der Waals surface area contributed by atoms with E-state index in [2.05, 4.69) is 69.5 Å². The molecule has 2 aromatic rings. The van der Waals surface area contributed by atoms with Gasteiger partial charge in [0, 0.05) is 15.8 Å². The van der Waals surface area contributed by atoms with Gasteiger partial charge in [-0.15, -0.1) is 11.3 Å². The van der Waals surface area contributed by atoms with E-state index in [0.717, 1.165) is 5.92 Å². The number of benzene rings is 1. The Bertz CT molecular complexity index is 616. The first kappa shape index (κ1) is 14.8. The molecule has 1 aliphatic rings. The molecule has 0 spiro atoms. The molecule has 21 heavy (non-hydrogen) atoms. The van der Waals surface area contributed by atoms with Crippen molar-refractivity contribution in [1.82, 2.24) is 5.32 Å². The number of hydrogen-bond acceptors (Lipinski definition) is 2. The predicted molar refractivity (Wildman–Crippen MR) is 93.0 cm³/mol. The van der Waals surface area contributed by atoms with Crippen molar-refractivity contribution in [3.8, 4) is 10.4 Å². The van der Waals surface area contributed by atoms with Crippen molar-refractivity contribution in [3.05, 3.63) is 46.8 Å². The maximum Gasteiger partial charge on any atom is 0.0441 e. The van der Waals surface area contributed by atoms with Crippen LogP contribution in [-0.2, 0) is 5.41 Å². The van der Waals surface area contributed by atoms with Gasteiger partial charge in [-0.2, -0.15) is 0 Å². The van der Waals surface area contributed by atoms with Gasteiger partial charge >= 0.3 is 0 Å². The zero-order chi connectivity index (χ0) is 15.0. The second-order valence-corrected chi connectivity index (χ2v) is 8.22. The van der Waals surface area contributed by atoms with Crippen LogP contribution in [-0.4, -0.2) is 7.05 Å². The highest BCUT2D eigenvalue weighted by atomic mass is 32.1. The van der Waals surface area contributed by atoms with Crippen LogP contribution in [0.3, 0.4) is 0 Å². The molecule has 1 atom stereocenters. The van der Waals surface area contributed by atoms with Gasteiger partial charge in [0.1, 0.15) is 0 Å². The summed E-state index contributed by atoms with van der Waals surface area (Å²) in [5.74, 6) is 0.847. The molecule has 1 heterocycles. The average Bonchev–Trinajstić information content (AvgIpc) is 3.16. The van der Waals surface area contributed by atoms with Crippen LogP contribution in [0.5, 0.6) is 0 Å². The molecule has 2 heteroatoms. The van der Waals surface area contributed by atoms with Crippen LogP contribution in [0.15, 0.2) is 36.4 Å². The topological polar surface area (TPSA) is 12.0 Å². The molecule has 1 aromatic heterocycles. The quantitative estimate of drug-likeness (QED) is 0.799. The lowest BCUT2D eigenvalue weighted by atomic mass is 9.83. The van der Waals surface area contributed by atoms with Crippen LogP contribution >= 0.6 is 11.3 Å². The van der Waals surface area contributed by atoms with Crippen molar-refractivity contribution < 1.29 is 0 Å². The maximum absolute atomic E-state index is 3.50. The molecule has 1 unspecified atom stereocenters. The third-order valence-corrected chi connectivity index (χ3v) is 5.54. The Kier molecular flexibility index (Phi) is 3.94. The Balaban J connectivity index is 1.97. The van der Waals surface area contributed by atoms with E-state index in [1.54, 1.807) is 0 Å². The summed E-state index contributed by atoms with van der Waals surface area (Å²) in [5, 5.41) is 3.50. The van der Waals surface area contributed by atoms with Crippen molar-refractivity contribution in [2.45, 2.75) is 45.1 Å². The van der Waals surface area contributed by atoms with E-state index in [9.17, 15) is 0 Å². The van der Waals surface area contributed by atoms with E-state index in [1.165, 1.54) is 33.7 Å². The molecular weight excluding hydrogens is 274 g/mol. The summed E-state index contributed by atoms with van der Waals surface area (Å²) >= 11 is 1.95. The second kappa shape index (κ2) is 5.58. The van der Waals surface area contributed by atoms with Crippen LogP contribution in [0, 0.1) is 5.92 Å². The molecule has 1 saturated carbocycles. The van der Waals surface area contributed by atoms with Gasteiger partial charge in [-0.05, 0) is 54.5 Å². The smallest absolute Gasteiger partial charge is 0.0441 e. The lowest BCUT2D eigenvalue weighted by Crippen LogP contribution is -2.16. The standard InChI is InChI=1S/C19H25NS/c1-19(2,3)15-8-6-5-7-14(15)16-11-12-17(21-16)18(20-4)13-9-10-13/h5-8,11-13,18,20H,9-10H2,1-4H3. The fraction of sp³-hybridized carbons (Fsp3) is 0.474. The highest BCUT2D eigenvalue weighted by molar-refractivity contribution is 7.15. The molecule has 3 rings (SSSR count). The molecule has 1 fully saturated rings. The Morgan fingerprint density at radius 1 is 1.10 bits per heavy atom. The summed E-state index contributed by atoms with van der Waals surface area (Å²) in [4.78, 5) is 2.88. The maximum atomic E-state index is 3.50.